The van der Waals surface area contributed by atoms with Crippen molar-refractivity contribution >= 4 is 35.8 Å². The van der Waals surface area contributed by atoms with E-state index in [9.17, 15) is 4.79 Å². The van der Waals surface area contributed by atoms with Crippen LogP contribution in [0.3, 0.4) is 0 Å². The van der Waals surface area contributed by atoms with Gasteiger partial charge in [0.2, 0.25) is 0 Å². The van der Waals surface area contributed by atoms with Gasteiger partial charge in [-0.25, -0.2) is 4.79 Å². The molecule has 0 spiro atoms. The molecule has 1 rings (SSSR count). The second-order valence-corrected chi connectivity index (χ2v) is 5.55. The summed E-state index contributed by atoms with van der Waals surface area (Å²) >= 11 is 3.41. The summed E-state index contributed by atoms with van der Waals surface area (Å²) < 4.78 is 4.76. The van der Waals surface area contributed by atoms with E-state index in [1.54, 1.807) is 0 Å². The average molecular weight is 303 g/mol. The third-order valence-corrected chi connectivity index (χ3v) is 4.19. The van der Waals surface area contributed by atoms with E-state index in [4.69, 9.17) is 4.74 Å². The van der Waals surface area contributed by atoms with Crippen LogP contribution in [0.1, 0.15) is 23.2 Å². The number of hydrogen-bond acceptors (Lipinski definition) is 2. The van der Waals surface area contributed by atoms with Crippen LogP contribution in [0, 0.1) is 0 Å². The van der Waals surface area contributed by atoms with E-state index < -0.39 is 0 Å². The zero-order valence-electron chi connectivity index (χ0n) is 9.33. The maximum absolute atomic E-state index is 11.5. The number of rotatable bonds is 6. The minimum atomic E-state index is -0.233. The van der Waals surface area contributed by atoms with Crippen LogP contribution >= 0.6 is 24.5 Å². The van der Waals surface area contributed by atoms with Crippen molar-refractivity contribution in [2.24, 2.45) is 0 Å². The third kappa shape index (κ3) is 4.23. The summed E-state index contributed by atoms with van der Waals surface area (Å²) in [7, 11) is 2.11. The van der Waals surface area contributed by atoms with Gasteiger partial charge in [0.1, 0.15) is 0 Å². The van der Waals surface area contributed by atoms with Crippen molar-refractivity contribution in [1.29, 1.82) is 0 Å². The van der Waals surface area contributed by atoms with Gasteiger partial charge in [-0.1, -0.05) is 42.7 Å². The number of halogens is 1. The largest absolute Gasteiger partial charge is 0.465 e. The molecule has 0 amide bonds. The van der Waals surface area contributed by atoms with Crippen LogP contribution in [0.5, 0.6) is 0 Å². The van der Waals surface area contributed by atoms with Gasteiger partial charge >= 0.3 is 5.97 Å². The van der Waals surface area contributed by atoms with E-state index in [0.29, 0.717) is 14.1 Å². The van der Waals surface area contributed by atoms with Crippen LogP contribution in [0.15, 0.2) is 24.3 Å². The van der Waals surface area contributed by atoms with Crippen LogP contribution < -0.4 is 5.30 Å². The maximum atomic E-state index is 11.5. The van der Waals surface area contributed by atoms with Crippen molar-refractivity contribution in [3.05, 3.63) is 29.8 Å². The zero-order valence-corrected chi connectivity index (χ0v) is 11.9. The lowest BCUT2D eigenvalue weighted by molar-refractivity contribution is 0.0602. The van der Waals surface area contributed by atoms with Gasteiger partial charge in [0, 0.05) is 5.33 Å². The predicted molar refractivity (Wildman–Crippen MR) is 73.6 cm³/mol. The Balaban J connectivity index is 2.60. The molecule has 88 valence electrons. The molecule has 0 heterocycles. The third-order valence-electron chi connectivity index (χ3n) is 2.21. The molecule has 0 N–H and O–H groups in total. The molecule has 0 aliphatic rings. The fraction of sp³-hybridized carbons (Fsp3) is 0.417. The van der Waals surface area contributed by atoms with Crippen molar-refractivity contribution in [2.75, 3.05) is 18.6 Å². The molecule has 0 saturated carbocycles. The molecule has 0 aliphatic carbocycles. The molecule has 1 aromatic rings. The van der Waals surface area contributed by atoms with Gasteiger partial charge in [-0.05, 0) is 30.4 Å². The number of hydrogen-bond donors (Lipinski definition) is 0. The smallest absolute Gasteiger partial charge is 0.338 e. The van der Waals surface area contributed by atoms with Crippen molar-refractivity contribution in [2.45, 2.75) is 12.8 Å². The molecule has 0 bridgehead atoms. The average Bonchev–Trinajstić information content (AvgIpc) is 2.34. The molecule has 0 aliphatic heterocycles. The predicted octanol–water partition coefficient (Wildman–Crippen LogP) is 2.95. The first-order valence-corrected chi connectivity index (χ1v) is 7.59. The van der Waals surface area contributed by atoms with Gasteiger partial charge in [0.05, 0.1) is 12.7 Å². The molecular weight excluding hydrogens is 287 g/mol. The summed E-state index contributed by atoms with van der Waals surface area (Å²) in [6.45, 7) is 0. The lowest BCUT2D eigenvalue weighted by Crippen LogP contribution is -2.12. The van der Waals surface area contributed by atoms with Crippen molar-refractivity contribution in [1.82, 2.24) is 0 Å². The van der Waals surface area contributed by atoms with Gasteiger partial charge < -0.3 is 4.74 Å². The zero-order chi connectivity index (χ0) is 11.8. The monoisotopic (exact) mass is 302 g/mol. The number of esters is 1. The van der Waals surface area contributed by atoms with Crippen molar-refractivity contribution in [3.63, 3.8) is 0 Å². The number of ether oxygens (including phenoxy) is 1. The van der Waals surface area contributed by atoms with Crippen molar-refractivity contribution < 1.29 is 9.53 Å². The second-order valence-electron chi connectivity index (χ2n) is 3.36. The Morgan fingerprint density at radius 3 is 2.81 bits per heavy atom. The molecule has 0 saturated heterocycles. The molecule has 4 heteroatoms. The van der Waals surface area contributed by atoms with E-state index >= 15 is 0 Å². The SMILES string of the molecule is COC(=O)c1ccccc1PCCCCBr. The summed E-state index contributed by atoms with van der Waals surface area (Å²) in [5.41, 5.74) is 0.710. The maximum Gasteiger partial charge on any atom is 0.338 e. The second kappa shape index (κ2) is 7.81. The Hall–Kier alpha value is -0.400. The number of carbonyl (C=O) groups excluding carboxylic acids is 1. The van der Waals surface area contributed by atoms with Crippen LogP contribution in [0.4, 0.5) is 0 Å². The molecule has 1 atom stereocenters. The number of carbonyl (C=O) groups is 1. The molecule has 1 unspecified atom stereocenters. The van der Waals surface area contributed by atoms with Gasteiger partial charge in [-0.2, -0.15) is 0 Å². The fourth-order valence-corrected chi connectivity index (χ4v) is 3.05. The minimum absolute atomic E-state index is 0.233. The Morgan fingerprint density at radius 2 is 2.12 bits per heavy atom. The summed E-state index contributed by atoms with van der Waals surface area (Å²) in [5.74, 6) is -0.233. The molecule has 0 aromatic heterocycles. The summed E-state index contributed by atoms with van der Waals surface area (Å²) in [4.78, 5) is 11.5. The van der Waals surface area contributed by atoms with Gasteiger partial charge in [0.25, 0.3) is 0 Å². The lowest BCUT2D eigenvalue weighted by atomic mass is 10.2. The lowest BCUT2D eigenvalue weighted by Gasteiger charge is -2.07. The molecule has 1 aromatic carbocycles. The highest BCUT2D eigenvalue weighted by Crippen LogP contribution is 2.16. The van der Waals surface area contributed by atoms with Crippen LogP contribution in [-0.4, -0.2) is 24.6 Å². The van der Waals surface area contributed by atoms with E-state index in [-0.39, 0.29) is 5.97 Å². The molecule has 16 heavy (non-hydrogen) atoms. The normalized spacial score (nSPS) is 10.9. The minimum Gasteiger partial charge on any atom is -0.465 e. The van der Waals surface area contributed by atoms with E-state index in [1.165, 1.54) is 20.0 Å². The number of unbranched alkanes of at least 4 members (excludes halogenated alkanes) is 1. The first-order valence-electron chi connectivity index (χ1n) is 5.26. The first-order chi connectivity index (χ1) is 7.79. The van der Waals surface area contributed by atoms with Crippen LogP contribution in [0.25, 0.3) is 0 Å². The standard InChI is InChI=1S/C12H16BrO2P/c1-15-12(14)10-6-2-3-7-11(10)16-9-5-4-8-13/h2-3,6-7,16H,4-5,8-9H2,1H3. The Labute approximate surface area is 107 Å². The van der Waals surface area contributed by atoms with E-state index in [2.05, 4.69) is 15.9 Å². The van der Waals surface area contributed by atoms with Gasteiger partial charge in [0.15, 0.2) is 0 Å². The Kier molecular flexibility index (Phi) is 6.67. The van der Waals surface area contributed by atoms with Gasteiger partial charge in [-0.15, -0.1) is 0 Å². The highest BCUT2D eigenvalue weighted by molar-refractivity contribution is 9.09. The topological polar surface area (TPSA) is 26.3 Å². The quantitative estimate of drug-likeness (QED) is 0.349. The highest BCUT2D eigenvalue weighted by Gasteiger charge is 2.09. The number of benzene rings is 1. The van der Waals surface area contributed by atoms with Gasteiger partial charge in [-0.3, -0.25) is 0 Å². The summed E-state index contributed by atoms with van der Waals surface area (Å²) in [5, 5.41) is 2.17. The highest BCUT2D eigenvalue weighted by atomic mass is 79.9. The Bertz CT molecular complexity index is 342. The van der Waals surface area contributed by atoms with Crippen LogP contribution in [-0.2, 0) is 4.74 Å². The van der Waals surface area contributed by atoms with Crippen molar-refractivity contribution in [3.8, 4) is 0 Å². The molecule has 0 radical (unpaired) electrons. The first kappa shape index (κ1) is 13.7. The molecule has 2 nitrogen and oxygen atoms in total. The fourth-order valence-electron chi connectivity index (χ4n) is 1.37. The molecule has 0 fully saturated rings. The summed E-state index contributed by atoms with van der Waals surface area (Å²) in [6, 6.07) is 7.69. The summed E-state index contributed by atoms with van der Waals surface area (Å²) in [6.07, 6.45) is 3.52. The number of alkyl halides is 1. The Morgan fingerprint density at radius 1 is 1.38 bits per heavy atom. The van der Waals surface area contributed by atoms with Crippen LogP contribution in [0.2, 0.25) is 0 Å². The van der Waals surface area contributed by atoms with E-state index in [1.807, 2.05) is 24.3 Å². The number of methoxy groups -OCH3 is 1. The van der Waals surface area contributed by atoms with E-state index in [0.717, 1.165) is 16.8 Å². The molecular formula is C12H16BrO2P.